The Morgan fingerprint density at radius 3 is 2.84 bits per heavy atom. The SMILES string of the molecule is CCOC(=O)C1=C(C)N=c2s/c(=C\c3cc(I)cc(I)c3O)c(=O)n2[C@H]1c1cccs1. The van der Waals surface area contributed by atoms with Gasteiger partial charge in [0.2, 0.25) is 0 Å². The topological polar surface area (TPSA) is 80.9 Å². The Kier molecular flexibility index (Phi) is 6.70. The number of aromatic nitrogens is 1. The fourth-order valence-electron chi connectivity index (χ4n) is 3.34. The summed E-state index contributed by atoms with van der Waals surface area (Å²) in [6.07, 6.45) is 1.68. The number of benzene rings is 1. The van der Waals surface area contributed by atoms with E-state index >= 15 is 0 Å². The van der Waals surface area contributed by atoms with Crippen molar-refractivity contribution in [3.8, 4) is 5.75 Å². The number of hydrogen-bond donors (Lipinski definition) is 1. The second-order valence-corrected chi connectivity index (χ2v) is 11.0. The van der Waals surface area contributed by atoms with Crippen LogP contribution in [-0.4, -0.2) is 22.2 Å². The molecule has 4 rings (SSSR count). The molecule has 0 fully saturated rings. The van der Waals surface area contributed by atoms with E-state index in [4.69, 9.17) is 4.74 Å². The van der Waals surface area contributed by atoms with Gasteiger partial charge in [0, 0.05) is 14.0 Å². The molecule has 0 aliphatic carbocycles. The predicted octanol–water partition coefficient (Wildman–Crippen LogP) is 3.77. The van der Waals surface area contributed by atoms with Gasteiger partial charge in [-0.2, -0.15) is 0 Å². The minimum atomic E-state index is -0.595. The fourth-order valence-corrected chi connectivity index (χ4v) is 7.10. The second kappa shape index (κ2) is 9.16. The smallest absolute Gasteiger partial charge is 0.338 e. The molecule has 160 valence electrons. The van der Waals surface area contributed by atoms with Crippen LogP contribution in [0.2, 0.25) is 0 Å². The van der Waals surface area contributed by atoms with E-state index < -0.39 is 12.0 Å². The van der Waals surface area contributed by atoms with E-state index in [1.54, 1.807) is 24.5 Å². The molecule has 3 aromatic rings. The standard InChI is InChI=1S/C21H16I2N2O4S2/c1-3-29-20(28)16-10(2)24-21-25(17(16)14-5-4-6-30-14)19(27)15(31-21)8-11-7-12(22)9-13(23)18(11)26/h4-9,17,26H,3H2,1-2H3/b15-8-/t17-/m0/s1. The number of phenols is 1. The predicted molar refractivity (Wildman–Crippen MR) is 138 cm³/mol. The van der Waals surface area contributed by atoms with Crippen LogP contribution in [0.3, 0.4) is 0 Å². The van der Waals surface area contributed by atoms with Gasteiger partial charge in [-0.05, 0) is 88.7 Å². The third-order valence-electron chi connectivity index (χ3n) is 4.67. The van der Waals surface area contributed by atoms with Crippen molar-refractivity contribution in [2.24, 2.45) is 4.99 Å². The van der Waals surface area contributed by atoms with Crippen LogP contribution in [0.5, 0.6) is 5.75 Å². The number of carbonyl (C=O) groups is 1. The lowest BCUT2D eigenvalue weighted by molar-refractivity contribution is -0.139. The molecule has 0 radical (unpaired) electrons. The number of ether oxygens (including phenoxy) is 1. The Morgan fingerprint density at radius 2 is 2.16 bits per heavy atom. The summed E-state index contributed by atoms with van der Waals surface area (Å²) >= 11 is 6.95. The van der Waals surface area contributed by atoms with Crippen LogP contribution in [0.4, 0.5) is 0 Å². The van der Waals surface area contributed by atoms with Crippen molar-refractivity contribution < 1.29 is 14.6 Å². The first kappa shape index (κ1) is 22.7. The highest BCUT2D eigenvalue weighted by Crippen LogP contribution is 2.33. The molecule has 3 heterocycles. The van der Waals surface area contributed by atoms with E-state index in [-0.39, 0.29) is 17.9 Å². The number of esters is 1. The zero-order chi connectivity index (χ0) is 22.3. The first-order chi connectivity index (χ1) is 14.8. The number of fused-ring (bicyclic) bond motifs is 1. The Labute approximate surface area is 212 Å². The van der Waals surface area contributed by atoms with Gasteiger partial charge in [-0.25, -0.2) is 9.79 Å². The molecule has 6 nitrogen and oxygen atoms in total. The van der Waals surface area contributed by atoms with Gasteiger partial charge < -0.3 is 9.84 Å². The van der Waals surface area contributed by atoms with Gasteiger partial charge in [0.25, 0.3) is 5.56 Å². The van der Waals surface area contributed by atoms with Crippen molar-refractivity contribution >= 4 is 79.9 Å². The van der Waals surface area contributed by atoms with Crippen molar-refractivity contribution in [1.29, 1.82) is 0 Å². The summed E-state index contributed by atoms with van der Waals surface area (Å²) in [6, 6.07) is 6.88. The molecule has 2 aromatic heterocycles. The van der Waals surface area contributed by atoms with Gasteiger partial charge in [0.1, 0.15) is 11.8 Å². The Hall–Kier alpha value is -1.51. The number of rotatable bonds is 4. The van der Waals surface area contributed by atoms with Gasteiger partial charge in [0.05, 0.1) is 26.0 Å². The van der Waals surface area contributed by atoms with Crippen LogP contribution in [0.15, 0.2) is 50.7 Å². The molecule has 1 aromatic carbocycles. The molecule has 0 saturated heterocycles. The molecule has 10 heteroatoms. The minimum absolute atomic E-state index is 0.130. The first-order valence-electron chi connectivity index (χ1n) is 9.23. The van der Waals surface area contributed by atoms with Crippen molar-refractivity contribution in [2.45, 2.75) is 19.9 Å². The highest BCUT2D eigenvalue weighted by atomic mass is 127. The molecule has 1 aliphatic heterocycles. The highest BCUT2D eigenvalue weighted by molar-refractivity contribution is 14.1. The van der Waals surface area contributed by atoms with Gasteiger partial charge in [-0.15, -0.1) is 11.3 Å². The highest BCUT2D eigenvalue weighted by Gasteiger charge is 2.33. The molecule has 0 bridgehead atoms. The molecule has 1 N–H and O–H groups in total. The van der Waals surface area contributed by atoms with E-state index in [9.17, 15) is 14.7 Å². The number of nitrogens with zero attached hydrogens (tertiary/aromatic N) is 2. The number of allylic oxidation sites excluding steroid dienone is 1. The molecule has 0 unspecified atom stereocenters. The van der Waals surface area contributed by atoms with E-state index in [0.29, 0.717) is 29.7 Å². The molecule has 0 spiro atoms. The maximum Gasteiger partial charge on any atom is 0.338 e. The van der Waals surface area contributed by atoms with Gasteiger partial charge in [-0.1, -0.05) is 17.4 Å². The summed E-state index contributed by atoms with van der Waals surface area (Å²) in [5.74, 6) is -0.341. The van der Waals surface area contributed by atoms with Crippen LogP contribution < -0.4 is 14.9 Å². The van der Waals surface area contributed by atoms with E-state index in [2.05, 4.69) is 50.2 Å². The number of halogens is 2. The maximum absolute atomic E-state index is 13.5. The number of aromatic hydroxyl groups is 1. The zero-order valence-corrected chi connectivity index (χ0v) is 22.3. The molecule has 0 amide bonds. The van der Waals surface area contributed by atoms with E-state index in [0.717, 1.165) is 8.45 Å². The summed E-state index contributed by atoms with van der Waals surface area (Å²) in [5, 5.41) is 12.4. The lowest BCUT2D eigenvalue weighted by atomic mass is 10.0. The average molecular weight is 678 g/mol. The van der Waals surface area contributed by atoms with E-state index in [1.165, 1.54) is 22.7 Å². The van der Waals surface area contributed by atoms with Crippen molar-refractivity contribution in [3.63, 3.8) is 0 Å². The van der Waals surface area contributed by atoms with Gasteiger partial charge in [0.15, 0.2) is 4.80 Å². The lowest BCUT2D eigenvalue weighted by Gasteiger charge is -2.23. The summed E-state index contributed by atoms with van der Waals surface area (Å²) in [6.45, 7) is 3.75. The number of thiophene rings is 1. The number of carbonyl (C=O) groups excluding carboxylic acids is 1. The van der Waals surface area contributed by atoms with Crippen LogP contribution in [0.25, 0.3) is 6.08 Å². The van der Waals surface area contributed by atoms with Crippen molar-refractivity contribution in [3.05, 3.63) is 78.2 Å². The minimum Gasteiger partial charge on any atom is -0.506 e. The van der Waals surface area contributed by atoms with Crippen LogP contribution in [0.1, 0.15) is 30.3 Å². The zero-order valence-electron chi connectivity index (χ0n) is 16.4. The molecular weight excluding hydrogens is 662 g/mol. The number of thiazole rings is 1. The van der Waals surface area contributed by atoms with Crippen LogP contribution in [-0.2, 0) is 9.53 Å². The maximum atomic E-state index is 13.5. The third kappa shape index (κ3) is 4.26. The molecular formula is C21H16I2N2O4S2. The second-order valence-electron chi connectivity index (χ2n) is 6.64. The van der Waals surface area contributed by atoms with Crippen LogP contribution >= 0.6 is 67.9 Å². The Morgan fingerprint density at radius 1 is 1.39 bits per heavy atom. The monoisotopic (exact) mass is 678 g/mol. The molecule has 31 heavy (non-hydrogen) atoms. The summed E-state index contributed by atoms with van der Waals surface area (Å²) in [4.78, 5) is 32.1. The fraction of sp³-hybridized carbons (Fsp3) is 0.190. The first-order valence-corrected chi connectivity index (χ1v) is 13.1. The lowest BCUT2D eigenvalue weighted by Crippen LogP contribution is -2.39. The number of phenolic OH excluding ortho intramolecular Hbond substituents is 1. The van der Waals surface area contributed by atoms with Gasteiger partial charge in [-0.3, -0.25) is 9.36 Å². The molecule has 1 atom stereocenters. The average Bonchev–Trinajstić information content (AvgIpc) is 3.34. The van der Waals surface area contributed by atoms with Crippen molar-refractivity contribution in [2.75, 3.05) is 6.61 Å². The Balaban J connectivity index is 1.97. The third-order valence-corrected chi connectivity index (χ3v) is 8.03. The molecule has 0 saturated carbocycles. The van der Waals surface area contributed by atoms with Crippen molar-refractivity contribution in [1.82, 2.24) is 4.57 Å². The molecule has 1 aliphatic rings. The number of hydrogen-bond acceptors (Lipinski definition) is 7. The summed E-state index contributed by atoms with van der Waals surface area (Å²) in [5.41, 5.74) is 1.21. The summed E-state index contributed by atoms with van der Waals surface area (Å²) in [7, 11) is 0. The Bertz CT molecular complexity index is 1390. The normalized spacial score (nSPS) is 16.3. The quantitative estimate of drug-likeness (QED) is 0.337. The summed E-state index contributed by atoms with van der Waals surface area (Å²) < 4.78 is 8.93. The van der Waals surface area contributed by atoms with Crippen LogP contribution in [0, 0.1) is 7.14 Å². The largest absolute Gasteiger partial charge is 0.506 e. The van der Waals surface area contributed by atoms with Gasteiger partial charge >= 0.3 is 5.97 Å². The van der Waals surface area contributed by atoms with E-state index in [1.807, 2.05) is 29.6 Å².